The summed E-state index contributed by atoms with van der Waals surface area (Å²) in [6.45, 7) is 1.19. The van der Waals surface area contributed by atoms with Crippen LogP contribution in [0.2, 0.25) is 0 Å². The van der Waals surface area contributed by atoms with Gasteiger partial charge in [0, 0.05) is 20.1 Å². The number of hydrogen-bond donors (Lipinski definition) is 4. The molecule has 1 unspecified atom stereocenters. The molecule has 0 bridgehead atoms. The van der Waals surface area contributed by atoms with Gasteiger partial charge in [0.15, 0.2) is 0 Å². The van der Waals surface area contributed by atoms with E-state index in [9.17, 15) is 13.5 Å². The first kappa shape index (κ1) is 10.9. The zero-order chi connectivity index (χ0) is 9.95. The third kappa shape index (κ3) is 3.20. The molecule has 1 aliphatic rings. The molecule has 4 N–H and O–H groups in total. The molecule has 0 amide bonds. The van der Waals surface area contributed by atoms with Crippen LogP contribution in [-0.4, -0.2) is 45.8 Å². The van der Waals surface area contributed by atoms with Gasteiger partial charge in [0.1, 0.15) is 0 Å². The Morgan fingerprint density at radius 3 is 2.77 bits per heavy atom. The van der Waals surface area contributed by atoms with E-state index in [2.05, 4.69) is 14.8 Å². The molecule has 1 heterocycles. The van der Waals surface area contributed by atoms with Crippen molar-refractivity contribution in [2.24, 2.45) is 0 Å². The van der Waals surface area contributed by atoms with E-state index in [4.69, 9.17) is 0 Å². The minimum atomic E-state index is -3.43. The van der Waals surface area contributed by atoms with Gasteiger partial charge in [0.2, 0.25) is 0 Å². The molecular weight excluding hydrogens is 194 g/mol. The summed E-state index contributed by atoms with van der Waals surface area (Å²) in [4.78, 5) is 0. The van der Waals surface area contributed by atoms with Gasteiger partial charge in [-0.05, 0) is 13.0 Å². The molecule has 1 atom stereocenters. The molecule has 0 aliphatic carbocycles. The van der Waals surface area contributed by atoms with Gasteiger partial charge in [-0.25, -0.2) is 4.72 Å². The lowest BCUT2D eigenvalue weighted by molar-refractivity contribution is 0.0667. The first-order valence-corrected chi connectivity index (χ1v) is 5.57. The molecule has 1 aliphatic heterocycles. The highest BCUT2D eigenvalue weighted by Gasteiger charge is 2.31. The predicted molar refractivity (Wildman–Crippen MR) is 48.4 cm³/mol. The normalized spacial score (nSPS) is 29.4. The first-order chi connectivity index (χ1) is 5.97. The van der Waals surface area contributed by atoms with E-state index in [1.165, 1.54) is 7.05 Å². The molecule has 1 rings (SSSR count). The average molecular weight is 209 g/mol. The number of hydrogen-bond acceptors (Lipinski definition) is 4. The van der Waals surface area contributed by atoms with E-state index in [1.807, 2.05) is 0 Å². The summed E-state index contributed by atoms with van der Waals surface area (Å²) in [5.41, 5.74) is -0.941. The summed E-state index contributed by atoms with van der Waals surface area (Å²) in [6.07, 6.45) is 0.569. The van der Waals surface area contributed by atoms with Crippen LogP contribution in [0.25, 0.3) is 0 Å². The average Bonchev–Trinajstić information content (AvgIpc) is 2.50. The number of aliphatic hydroxyl groups is 1. The van der Waals surface area contributed by atoms with Gasteiger partial charge in [-0.2, -0.15) is 13.1 Å². The second kappa shape index (κ2) is 3.89. The van der Waals surface area contributed by atoms with Gasteiger partial charge in [-0.3, -0.25) is 0 Å². The summed E-state index contributed by atoms with van der Waals surface area (Å²) < 4.78 is 26.3. The molecule has 0 spiro atoms. The fraction of sp³-hybridized carbons (Fsp3) is 1.00. The lowest BCUT2D eigenvalue weighted by atomic mass is 10.1. The van der Waals surface area contributed by atoms with Crippen molar-refractivity contribution < 1.29 is 13.5 Å². The maximum atomic E-state index is 10.9. The van der Waals surface area contributed by atoms with Crippen LogP contribution in [0.1, 0.15) is 6.42 Å². The molecule has 1 fully saturated rings. The van der Waals surface area contributed by atoms with Crippen LogP contribution in [0.5, 0.6) is 0 Å². The number of β-amino-alcohol motifs (C(OH)–C–C–N with tert-alkyl or cyclic N) is 1. The Morgan fingerprint density at radius 1 is 1.62 bits per heavy atom. The summed E-state index contributed by atoms with van der Waals surface area (Å²) in [5, 5.41) is 12.7. The molecule has 13 heavy (non-hydrogen) atoms. The molecular formula is C6H15N3O3S. The van der Waals surface area contributed by atoms with Crippen molar-refractivity contribution in [1.82, 2.24) is 14.8 Å². The van der Waals surface area contributed by atoms with E-state index in [1.54, 1.807) is 0 Å². The minimum Gasteiger partial charge on any atom is -0.387 e. The monoisotopic (exact) mass is 209 g/mol. The van der Waals surface area contributed by atoms with Gasteiger partial charge in [-0.15, -0.1) is 0 Å². The Bertz CT molecular complexity index is 258. The molecule has 0 radical (unpaired) electrons. The third-order valence-electron chi connectivity index (χ3n) is 2.08. The molecule has 6 nitrogen and oxygen atoms in total. The van der Waals surface area contributed by atoms with E-state index in [0.29, 0.717) is 13.0 Å². The van der Waals surface area contributed by atoms with E-state index in [0.717, 1.165) is 6.54 Å². The lowest BCUT2D eigenvalue weighted by Gasteiger charge is -2.21. The smallest absolute Gasteiger partial charge is 0.276 e. The number of nitrogens with one attached hydrogen (secondary N) is 3. The van der Waals surface area contributed by atoms with Crippen LogP contribution in [-0.2, 0) is 10.2 Å². The zero-order valence-corrected chi connectivity index (χ0v) is 8.32. The van der Waals surface area contributed by atoms with E-state index >= 15 is 0 Å². The Labute approximate surface area is 77.9 Å². The fourth-order valence-electron chi connectivity index (χ4n) is 1.18. The van der Waals surface area contributed by atoms with Crippen molar-refractivity contribution >= 4 is 10.2 Å². The number of rotatable bonds is 4. The standard InChI is InChI=1S/C6H15N3O3S/c1-7-13(11,12)9-5-6(10)2-3-8-4-6/h7-10H,2-5H2,1H3. The maximum absolute atomic E-state index is 10.9. The van der Waals surface area contributed by atoms with Crippen LogP contribution >= 0.6 is 0 Å². The second-order valence-electron chi connectivity index (χ2n) is 3.18. The highest BCUT2D eigenvalue weighted by atomic mass is 32.2. The fourth-order valence-corrected chi connectivity index (χ4v) is 1.79. The van der Waals surface area contributed by atoms with Gasteiger partial charge in [0.25, 0.3) is 10.2 Å². The van der Waals surface area contributed by atoms with Crippen LogP contribution in [0.3, 0.4) is 0 Å². The molecule has 0 aromatic carbocycles. The van der Waals surface area contributed by atoms with Crippen LogP contribution in [0.4, 0.5) is 0 Å². The maximum Gasteiger partial charge on any atom is 0.276 e. The van der Waals surface area contributed by atoms with Crippen molar-refractivity contribution in [1.29, 1.82) is 0 Å². The zero-order valence-electron chi connectivity index (χ0n) is 7.50. The van der Waals surface area contributed by atoms with Gasteiger partial charge >= 0.3 is 0 Å². The SMILES string of the molecule is CNS(=O)(=O)NCC1(O)CCNC1. The molecule has 7 heteroatoms. The summed E-state index contributed by atoms with van der Waals surface area (Å²) in [6, 6.07) is 0. The van der Waals surface area contributed by atoms with Crippen LogP contribution in [0, 0.1) is 0 Å². The van der Waals surface area contributed by atoms with Gasteiger partial charge < -0.3 is 10.4 Å². The molecule has 0 aromatic heterocycles. The van der Waals surface area contributed by atoms with Gasteiger partial charge in [0.05, 0.1) is 5.60 Å². The highest BCUT2D eigenvalue weighted by molar-refractivity contribution is 7.87. The Kier molecular flexibility index (Phi) is 3.25. The highest BCUT2D eigenvalue weighted by Crippen LogP contribution is 2.12. The molecule has 0 saturated carbocycles. The van der Waals surface area contributed by atoms with Crippen LogP contribution in [0.15, 0.2) is 0 Å². The quantitative estimate of drug-likeness (QED) is 0.421. The first-order valence-electron chi connectivity index (χ1n) is 4.09. The molecule has 78 valence electrons. The Morgan fingerprint density at radius 2 is 2.31 bits per heavy atom. The Hall–Kier alpha value is -0.210. The van der Waals surface area contributed by atoms with Crippen molar-refractivity contribution in [2.75, 3.05) is 26.7 Å². The second-order valence-corrected chi connectivity index (χ2v) is 4.88. The van der Waals surface area contributed by atoms with E-state index in [-0.39, 0.29) is 6.54 Å². The summed E-state index contributed by atoms with van der Waals surface area (Å²) in [7, 11) is -2.11. The summed E-state index contributed by atoms with van der Waals surface area (Å²) >= 11 is 0. The van der Waals surface area contributed by atoms with Crippen LogP contribution < -0.4 is 14.8 Å². The van der Waals surface area contributed by atoms with Gasteiger partial charge in [-0.1, -0.05) is 0 Å². The third-order valence-corrected chi connectivity index (χ3v) is 3.14. The Balaban J connectivity index is 2.42. The molecule has 1 saturated heterocycles. The van der Waals surface area contributed by atoms with Crippen molar-refractivity contribution in [3.05, 3.63) is 0 Å². The van der Waals surface area contributed by atoms with Crippen molar-refractivity contribution in [3.63, 3.8) is 0 Å². The summed E-state index contributed by atoms with van der Waals surface area (Å²) in [5.74, 6) is 0. The van der Waals surface area contributed by atoms with Crippen molar-refractivity contribution in [2.45, 2.75) is 12.0 Å². The minimum absolute atomic E-state index is 0.0448. The van der Waals surface area contributed by atoms with Crippen molar-refractivity contribution in [3.8, 4) is 0 Å². The largest absolute Gasteiger partial charge is 0.387 e. The predicted octanol–water partition coefficient (Wildman–Crippen LogP) is -2.24. The molecule has 0 aromatic rings. The van der Waals surface area contributed by atoms with E-state index < -0.39 is 15.8 Å². The topological polar surface area (TPSA) is 90.5 Å². The lowest BCUT2D eigenvalue weighted by Crippen LogP contribution is -2.47.